The van der Waals surface area contributed by atoms with E-state index in [1.807, 2.05) is 17.0 Å². The van der Waals surface area contributed by atoms with Crippen molar-refractivity contribution in [3.63, 3.8) is 0 Å². The van der Waals surface area contributed by atoms with Gasteiger partial charge in [-0.05, 0) is 23.8 Å². The molecule has 0 aliphatic carbocycles. The molecule has 2 aromatic rings. The van der Waals surface area contributed by atoms with Gasteiger partial charge in [0, 0.05) is 50.4 Å². The molecule has 3 rings (SSSR count). The average Bonchev–Trinajstić information content (AvgIpc) is 2.68. The number of benzene rings is 2. The van der Waals surface area contributed by atoms with Gasteiger partial charge >= 0.3 is 0 Å². The Bertz CT molecular complexity index is 784. The van der Waals surface area contributed by atoms with Crippen molar-refractivity contribution < 1.29 is 14.5 Å². The maximum absolute atomic E-state index is 12.6. The van der Waals surface area contributed by atoms with Crippen molar-refractivity contribution in [3.8, 4) is 5.75 Å². The van der Waals surface area contributed by atoms with Crippen LogP contribution < -0.4 is 4.74 Å². The zero-order valence-corrected chi connectivity index (χ0v) is 14.6. The van der Waals surface area contributed by atoms with Crippen LogP contribution in [0.2, 0.25) is 0 Å². The zero-order valence-electron chi connectivity index (χ0n) is 14.6. The molecule has 2 aromatic carbocycles. The van der Waals surface area contributed by atoms with E-state index in [4.69, 9.17) is 4.74 Å². The molecule has 1 fully saturated rings. The van der Waals surface area contributed by atoms with Crippen LogP contribution in [-0.4, -0.2) is 53.9 Å². The topological polar surface area (TPSA) is 75.9 Å². The SMILES string of the molecule is COc1cccc(C(=O)N2CCN(Cc3ccc([N+](=O)[O-])cc3)CC2)c1. The predicted molar refractivity (Wildman–Crippen MR) is 97.3 cm³/mol. The van der Waals surface area contributed by atoms with E-state index in [1.165, 1.54) is 12.1 Å². The highest BCUT2D eigenvalue weighted by Crippen LogP contribution is 2.17. The lowest BCUT2D eigenvalue weighted by Gasteiger charge is -2.34. The lowest BCUT2D eigenvalue weighted by Crippen LogP contribution is -2.48. The fourth-order valence-electron chi connectivity index (χ4n) is 3.03. The molecular formula is C19H21N3O4. The third kappa shape index (κ3) is 4.18. The number of amides is 1. The number of nitrogens with zero attached hydrogens (tertiary/aromatic N) is 3. The monoisotopic (exact) mass is 355 g/mol. The van der Waals surface area contributed by atoms with Crippen LogP contribution in [-0.2, 0) is 6.54 Å². The third-order valence-corrected chi connectivity index (χ3v) is 4.53. The summed E-state index contributed by atoms with van der Waals surface area (Å²) in [7, 11) is 1.58. The minimum Gasteiger partial charge on any atom is -0.497 e. The second-order valence-electron chi connectivity index (χ2n) is 6.22. The molecule has 1 amide bonds. The molecule has 0 N–H and O–H groups in total. The lowest BCUT2D eigenvalue weighted by atomic mass is 10.1. The van der Waals surface area contributed by atoms with Gasteiger partial charge in [0.15, 0.2) is 0 Å². The van der Waals surface area contributed by atoms with Gasteiger partial charge in [-0.1, -0.05) is 18.2 Å². The number of nitro benzene ring substituents is 1. The number of hydrogen-bond donors (Lipinski definition) is 0. The van der Waals surface area contributed by atoms with Crippen LogP contribution in [0.25, 0.3) is 0 Å². The predicted octanol–water partition coefficient (Wildman–Crippen LogP) is 2.56. The van der Waals surface area contributed by atoms with Gasteiger partial charge in [-0.3, -0.25) is 19.8 Å². The van der Waals surface area contributed by atoms with Gasteiger partial charge in [0.05, 0.1) is 12.0 Å². The van der Waals surface area contributed by atoms with Gasteiger partial charge in [-0.2, -0.15) is 0 Å². The number of carbonyl (C=O) groups excluding carboxylic acids is 1. The Kier molecular flexibility index (Phi) is 5.48. The molecular weight excluding hydrogens is 334 g/mol. The van der Waals surface area contributed by atoms with Crippen molar-refractivity contribution in [1.82, 2.24) is 9.80 Å². The van der Waals surface area contributed by atoms with Crippen LogP contribution in [0.3, 0.4) is 0 Å². The molecule has 0 unspecified atom stereocenters. The average molecular weight is 355 g/mol. The maximum atomic E-state index is 12.6. The summed E-state index contributed by atoms with van der Waals surface area (Å²) in [5.41, 5.74) is 1.76. The van der Waals surface area contributed by atoms with E-state index in [2.05, 4.69) is 4.90 Å². The van der Waals surface area contributed by atoms with Crippen molar-refractivity contribution in [2.45, 2.75) is 6.54 Å². The minimum atomic E-state index is -0.396. The number of non-ortho nitro benzene ring substituents is 1. The Morgan fingerprint density at radius 1 is 1.12 bits per heavy atom. The van der Waals surface area contributed by atoms with Crippen molar-refractivity contribution >= 4 is 11.6 Å². The highest BCUT2D eigenvalue weighted by Gasteiger charge is 2.22. The molecule has 7 heteroatoms. The highest BCUT2D eigenvalue weighted by molar-refractivity contribution is 5.94. The van der Waals surface area contributed by atoms with Gasteiger partial charge < -0.3 is 9.64 Å². The molecule has 0 bridgehead atoms. The number of rotatable bonds is 5. The molecule has 0 radical (unpaired) electrons. The summed E-state index contributed by atoms with van der Waals surface area (Å²) in [5.74, 6) is 0.687. The highest BCUT2D eigenvalue weighted by atomic mass is 16.6. The first kappa shape index (κ1) is 17.9. The Labute approximate surface area is 151 Å². The second-order valence-corrected chi connectivity index (χ2v) is 6.22. The summed E-state index contributed by atoms with van der Waals surface area (Å²) < 4.78 is 5.18. The standard InChI is InChI=1S/C19H21N3O4/c1-26-18-4-2-3-16(13-18)19(23)21-11-9-20(10-12-21)14-15-5-7-17(8-6-15)22(24)25/h2-8,13H,9-12,14H2,1H3. The number of nitro groups is 1. The Hall–Kier alpha value is -2.93. The summed E-state index contributed by atoms with van der Waals surface area (Å²) in [5, 5.41) is 10.7. The second kappa shape index (κ2) is 7.97. The van der Waals surface area contributed by atoms with Crippen LogP contribution >= 0.6 is 0 Å². The molecule has 136 valence electrons. The molecule has 26 heavy (non-hydrogen) atoms. The number of ether oxygens (including phenoxy) is 1. The quantitative estimate of drug-likeness (QED) is 0.609. The summed E-state index contributed by atoms with van der Waals surface area (Å²) in [4.78, 5) is 27.0. The van der Waals surface area contributed by atoms with E-state index in [9.17, 15) is 14.9 Å². The Balaban J connectivity index is 1.55. The normalized spacial score (nSPS) is 14.9. The maximum Gasteiger partial charge on any atom is 0.269 e. The molecule has 1 aliphatic heterocycles. The van der Waals surface area contributed by atoms with E-state index >= 15 is 0 Å². The molecule has 0 aromatic heterocycles. The molecule has 7 nitrogen and oxygen atoms in total. The van der Waals surface area contributed by atoms with Crippen LogP contribution in [0.1, 0.15) is 15.9 Å². The largest absolute Gasteiger partial charge is 0.497 e. The van der Waals surface area contributed by atoms with Gasteiger partial charge in [-0.25, -0.2) is 0 Å². The first-order valence-corrected chi connectivity index (χ1v) is 8.46. The van der Waals surface area contributed by atoms with Gasteiger partial charge in [0.25, 0.3) is 11.6 Å². The van der Waals surface area contributed by atoms with Gasteiger partial charge in [0.2, 0.25) is 0 Å². The molecule has 0 atom stereocenters. The summed E-state index contributed by atoms with van der Waals surface area (Å²) in [6.45, 7) is 3.57. The fourth-order valence-corrected chi connectivity index (χ4v) is 3.03. The van der Waals surface area contributed by atoms with Crippen molar-refractivity contribution in [2.75, 3.05) is 33.3 Å². The smallest absolute Gasteiger partial charge is 0.269 e. The van der Waals surface area contributed by atoms with Gasteiger partial charge in [-0.15, -0.1) is 0 Å². The Morgan fingerprint density at radius 2 is 1.81 bits per heavy atom. The number of piperazine rings is 1. The summed E-state index contributed by atoms with van der Waals surface area (Å²) in [6, 6.07) is 13.8. The first-order valence-electron chi connectivity index (χ1n) is 8.46. The van der Waals surface area contributed by atoms with Crippen LogP contribution in [0.5, 0.6) is 5.75 Å². The molecule has 0 spiro atoms. The van der Waals surface area contributed by atoms with Crippen LogP contribution in [0.4, 0.5) is 5.69 Å². The Morgan fingerprint density at radius 3 is 2.42 bits per heavy atom. The molecule has 1 saturated heterocycles. The van der Waals surface area contributed by atoms with E-state index in [1.54, 1.807) is 31.4 Å². The van der Waals surface area contributed by atoms with Gasteiger partial charge in [0.1, 0.15) is 5.75 Å². The fraction of sp³-hybridized carbons (Fsp3) is 0.316. The number of hydrogen-bond acceptors (Lipinski definition) is 5. The summed E-state index contributed by atoms with van der Waals surface area (Å²) >= 11 is 0. The number of methoxy groups -OCH3 is 1. The molecule has 0 saturated carbocycles. The van der Waals surface area contributed by atoms with Crippen molar-refractivity contribution in [1.29, 1.82) is 0 Å². The zero-order chi connectivity index (χ0) is 18.5. The van der Waals surface area contributed by atoms with E-state index in [0.29, 0.717) is 24.4 Å². The lowest BCUT2D eigenvalue weighted by molar-refractivity contribution is -0.384. The molecule has 1 aliphatic rings. The van der Waals surface area contributed by atoms with E-state index in [0.717, 1.165) is 25.2 Å². The number of carbonyl (C=O) groups is 1. The van der Waals surface area contributed by atoms with E-state index < -0.39 is 4.92 Å². The van der Waals surface area contributed by atoms with Crippen molar-refractivity contribution in [3.05, 3.63) is 69.8 Å². The van der Waals surface area contributed by atoms with E-state index in [-0.39, 0.29) is 11.6 Å². The summed E-state index contributed by atoms with van der Waals surface area (Å²) in [6.07, 6.45) is 0. The van der Waals surface area contributed by atoms with Crippen LogP contribution in [0.15, 0.2) is 48.5 Å². The minimum absolute atomic E-state index is 0.0129. The molecule has 1 heterocycles. The van der Waals surface area contributed by atoms with Crippen LogP contribution in [0, 0.1) is 10.1 Å². The third-order valence-electron chi connectivity index (χ3n) is 4.53. The van der Waals surface area contributed by atoms with Crippen molar-refractivity contribution in [2.24, 2.45) is 0 Å². The first-order chi connectivity index (χ1) is 12.6.